The summed E-state index contributed by atoms with van der Waals surface area (Å²) in [6, 6.07) is 9.57. The minimum Gasteiger partial charge on any atom is -0.340 e. The summed E-state index contributed by atoms with van der Waals surface area (Å²) in [6.07, 6.45) is 0. The first-order valence-corrected chi connectivity index (χ1v) is 12.4. The van der Waals surface area contributed by atoms with Gasteiger partial charge in [0.1, 0.15) is 11.9 Å². The molecule has 0 aliphatic carbocycles. The number of hydrogen-bond acceptors (Lipinski definition) is 4. The van der Waals surface area contributed by atoms with Crippen LogP contribution in [0, 0.1) is 25.6 Å². The molecule has 1 aliphatic heterocycles. The van der Waals surface area contributed by atoms with Crippen molar-refractivity contribution in [2.45, 2.75) is 38.6 Å². The largest absolute Gasteiger partial charge is 0.340 e. The van der Waals surface area contributed by atoms with E-state index >= 15 is 0 Å². The first-order valence-electron chi connectivity index (χ1n) is 10.9. The Labute approximate surface area is 194 Å². The van der Waals surface area contributed by atoms with E-state index < -0.39 is 27.8 Å². The van der Waals surface area contributed by atoms with Crippen molar-refractivity contribution in [3.8, 4) is 0 Å². The number of piperazine rings is 1. The highest BCUT2D eigenvalue weighted by Gasteiger charge is 2.34. The maximum Gasteiger partial charge on any atom is 0.251 e. The van der Waals surface area contributed by atoms with Crippen LogP contribution in [0.5, 0.6) is 0 Å². The van der Waals surface area contributed by atoms with Gasteiger partial charge in [0.25, 0.3) is 5.91 Å². The van der Waals surface area contributed by atoms with E-state index in [2.05, 4.69) is 5.32 Å². The van der Waals surface area contributed by atoms with E-state index in [4.69, 9.17) is 0 Å². The molecule has 1 saturated heterocycles. The topological polar surface area (TPSA) is 86.8 Å². The number of nitrogens with one attached hydrogen (secondary N) is 1. The Hall–Kier alpha value is -2.78. The third kappa shape index (κ3) is 5.59. The summed E-state index contributed by atoms with van der Waals surface area (Å²) >= 11 is 0. The van der Waals surface area contributed by atoms with Crippen LogP contribution in [-0.2, 0) is 14.8 Å². The van der Waals surface area contributed by atoms with Crippen molar-refractivity contribution < 1.29 is 22.4 Å². The van der Waals surface area contributed by atoms with Crippen molar-refractivity contribution in [2.24, 2.45) is 5.92 Å². The van der Waals surface area contributed by atoms with Gasteiger partial charge in [-0.05, 0) is 55.7 Å². The molecule has 1 atom stereocenters. The Morgan fingerprint density at radius 2 is 1.58 bits per heavy atom. The molecular formula is C24H30FN3O4S. The average Bonchev–Trinajstić information content (AvgIpc) is 2.77. The monoisotopic (exact) mass is 475 g/mol. The van der Waals surface area contributed by atoms with Crippen LogP contribution in [-0.4, -0.2) is 61.7 Å². The van der Waals surface area contributed by atoms with Gasteiger partial charge in [-0.15, -0.1) is 0 Å². The van der Waals surface area contributed by atoms with E-state index in [9.17, 15) is 22.4 Å². The van der Waals surface area contributed by atoms with E-state index in [0.29, 0.717) is 5.56 Å². The molecule has 0 aromatic heterocycles. The molecule has 2 aromatic carbocycles. The molecule has 0 saturated carbocycles. The molecule has 3 rings (SSSR count). The fraction of sp³-hybridized carbons (Fsp3) is 0.417. The van der Waals surface area contributed by atoms with Gasteiger partial charge in [-0.1, -0.05) is 31.5 Å². The van der Waals surface area contributed by atoms with Crippen LogP contribution in [0.3, 0.4) is 0 Å². The summed E-state index contributed by atoms with van der Waals surface area (Å²) in [6.45, 7) is 8.17. The second kappa shape index (κ2) is 10.0. The lowest BCUT2D eigenvalue weighted by Gasteiger charge is -2.36. The van der Waals surface area contributed by atoms with Crippen molar-refractivity contribution in [1.82, 2.24) is 14.5 Å². The zero-order valence-electron chi connectivity index (χ0n) is 19.3. The summed E-state index contributed by atoms with van der Waals surface area (Å²) in [5.74, 6) is -1.35. The average molecular weight is 476 g/mol. The molecule has 0 radical (unpaired) electrons. The zero-order valence-corrected chi connectivity index (χ0v) is 20.2. The summed E-state index contributed by atoms with van der Waals surface area (Å²) in [4.78, 5) is 27.6. The van der Waals surface area contributed by atoms with Gasteiger partial charge in [-0.25, -0.2) is 12.8 Å². The number of halogens is 1. The quantitative estimate of drug-likeness (QED) is 0.696. The standard InChI is InChI=1S/C24H30FN3O4S/c1-16(2)22(26-23(29)19-6-8-20(25)9-7-19)24(30)27-11-13-28(14-12-27)33(31,32)21-10-5-17(3)15-18(21)4/h5-10,15-16,22H,11-14H2,1-4H3,(H,26,29)/t22-/m1/s1. The Balaban J connectivity index is 1.67. The van der Waals surface area contributed by atoms with Crippen molar-refractivity contribution in [3.63, 3.8) is 0 Å². The van der Waals surface area contributed by atoms with Gasteiger partial charge >= 0.3 is 0 Å². The predicted octanol–water partition coefficient (Wildman–Crippen LogP) is 2.73. The van der Waals surface area contributed by atoms with E-state index in [1.807, 2.05) is 26.8 Å². The molecule has 0 unspecified atom stereocenters. The first kappa shape index (κ1) is 24.9. The molecule has 2 amide bonds. The summed E-state index contributed by atoms with van der Waals surface area (Å²) < 4.78 is 40.7. The summed E-state index contributed by atoms with van der Waals surface area (Å²) in [5.41, 5.74) is 1.94. The molecule has 178 valence electrons. The van der Waals surface area contributed by atoms with Crippen molar-refractivity contribution in [2.75, 3.05) is 26.2 Å². The van der Waals surface area contributed by atoms with Crippen LogP contribution in [0.25, 0.3) is 0 Å². The second-order valence-corrected chi connectivity index (χ2v) is 10.6. The van der Waals surface area contributed by atoms with Gasteiger partial charge in [0.2, 0.25) is 15.9 Å². The Kier molecular flexibility index (Phi) is 7.54. The lowest BCUT2D eigenvalue weighted by atomic mass is 10.0. The molecule has 1 fully saturated rings. The van der Waals surface area contributed by atoms with Crippen LogP contribution < -0.4 is 5.32 Å². The Morgan fingerprint density at radius 1 is 0.970 bits per heavy atom. The summed E-state index contributed by atoms with van der Waals surface area (Å²) in [5, 5.41) is 2.74. The zero-order chi connectivity index (χ0) is 24.3. The Bertz CT molecular complexity index is 1120. The molecule has 33 heavy (non-hydrogen) atoms. The highest BCUT2D eigenvalue weighted by atomic mass is 32.2. The van der Waals surface area contributed by atoms with Gasteiger partial charge in [0, 0.05) is 31.7 Å². The smallest absolute Gasteiger partial charge is 0.251 e. The van der Waals surface area contributed by atoms with Crippen molar-refractivity contribution in [3.05, 3.63) is 65.0 Å². The SMILES string of the molecule is Cc1ccc(S(=O)(=O)N2CCN(C(=O)[C@H](NC(=O)c3ccc(F)cc3)C(C)C)CC2)c(C)c1. The van der Waals surface area contributed by atoms with Crippen LogP contribution in [0.4, 0.5) is 4.39 Å². The molecule has 9 heteroatoms. The molecular weight excluding hydrogens is 445 g/mol. The maximum atomic E-state index is 13.2. The molecule has 1 heterocycles. The fourth-order valence-electron chi connectivity index (χ4n) is 3.91. The second-order valence-electron chi connectivity index (χ2n) is 8.70. The molecule has 2 aromatic rings. The van der Waals surface area contributed by atoms with Crippen LogP contribution in [0.15, 0.2) is 47.4 Å². The van der Waals surface area contributed by atoms with E-state index in [0.717, 1.165) is 5.56 Å². The number of aryl methyl sites for hydroxylation is 2. The number of carbonyl (C=O) groups excluding carboxylic acids is 2. The first-order chi connectivity index (χ1) is 15.5. The number of rotatable bonds is 6. The van der Waals surface area contributed by atoms with E-state index in [-0.39, 0.29) is 48.5 Å². The number of sulfonamides is 1. The highest BCUT2D eigenvalue weighted by molar-refractivity contribution is 7.89. The van der Waals surface area contributed by atoms with Gasteiger partial charge < -0.3 is 10.2 Å². The normalized spacial score (nSPS) is 16.0. The van der Waals surface area contributed by atoms with Gasteiger partial charge in [-0.3, -0.25) is 9.59 Å². The maximum absolute atomic E-state index is 13.2. The van der Waals surface area contributed by atoms with Crippen LogP contribution >= 0.6 is 0 Å². The number of benzene rings is 2. The number of amides is 2. The van der Waals surface area contributed by atoms with Crippen LogP contribution in [0.1, 0.15) is 35.3 Å². The van der Waals surface area contributed by atoms with Gasteiger partial charge in [-0.2, -0.15) is 4.31 Å². The minimum atomic E-state index is -3.66. The fourth-order valence-corrected chi connectivity index (χ4v) is 5.54. The Morgan fingerprint density at radius 3 is 2.12 bits per heavy atom. The summed E-state index contributed by atoms with van der Waals surface area (Å²) in [7, 11) is -3.66. The van der Waals surface area contributed by atoms with E-state index in [1.165, 1.54) is 28.6 Å². The lowest BCUT2D eigenvalue weighted by molar-refractivity contribution is -0.135. The molecule has 0 spiro atoms. The van der Waals surface area contributed by atoms with E-state index in [1.54, 1.807) is 24.0 Å². The van der Waals surface area contributed by atoms with Crippen molar-refractivity contribution in [1.29, 1.82) is 0 Å². The lowest BCUT2D eigenvalue weighted by Crippen LogP contribution is -2.57. The molecule has 1 aliphatic rings. The van der Waals surface area contributed by atoms with Crippen molar-refractivity contribution >= 4 is 21.8 Å². The molecule has 0 bridgehead atoms. The number of carbonyl (C=O) groups is 2. The molecule has 7 nitrogen and oxygen atoms in total. The predicted molar refractivity (Wildman–Crippen MR) is 124 cm³/mol. The highest BCUT2D eigenvalue weighted by Crippen LogP contribution is 2.22. The third-order valence-corrected chi connectivity index (χ3v) is 7.88. The number of nitrogens with zero attached hydrogens (tertiary/aromatic N) is 2. The minimum absolute atomic E-state index is 0.179. The third-order valence-electron chi connectivity index (χ3n) is 5.82. The van der Waals surface area contributed by atoms with Gasteiger partial charge in [0.15, 0.2) is 0 Å². The molecule has 1 N–H and O–H groups in total. The van der Waals surface area contributed by atoms with Crippen LogP contribution in [0.2, 0.25) is 0 Å². The number of hydrogen-bond donors (Lipinski definition) is 1. The van der Waals surface area contributed by atoms with Gasteiger partial charge in [0.05, 0.1) is 4.90 Å².